The summed E-state index contributed by atoms with van der Waals surface area (Å²) in [6.07, 6.45) is 1.68. The van der Waals surface area contributed by atoms with E-state index in [4.69, 9.17) is 0 Å². The summed E-state index contributed by atoms with van der Waals surface area (Å²) in [5.41, 5.74) is 0.929. The van der Waals surface area contributed by atoms with E-state index in [1.165, 1.54) is 0 Å². The molecule has 0 amide bonds. The number of nitrogens with zero attached hydrogens (tertiary/aromatic N) is 3. The van der Waals surface area contributed by atoms with Crippen molar-refractivity contribution in [1.82, 2.24) is 14.8 Å². The molecule has 0 bridgehead atoms. The lowest BCUT2D eigenvalue weighted by molar-refractivity contribution is 0.768. The average Bonchev–Trinajstić information content (AvgIpc) is 2.54. The van der Waals surface area contributed by atoms with E-state index in [0.29, 0.717) is 0 Å². The summed E-state index contributed by atoms with van der Waals surface area (Å²) in [4.78, 5) is 4.11. The highest BCUT2D eigenvalue weighted by molar-refractivity contribution is 5.52. The summed E-state index contributed by atoms with van der Waals surface area (Å²) >= 11 is 0. The highest BCUT2D eigenvalue weighted by atomic mass is 15.3. The molecule has 0 unspecified atom stereocenters. The topological polar surface area (TPSA) is 30.7 Å². The van der Waals surface area contributed by atoms with E-state index in [9.17, 15) is 0 Å². The van der Waals surface area contributed by atoms with E-state index < -0.39 is 0 Å². The average molecular weight is 158 g/mol. The summed E-state index contributed by atoms with van der Waals surface area (Å²) in [7, 11) is 1.85. The summed E-state index contributed by atoms with van der Waals surface area (Å²) in [6.45, 7) is 0. The molecule has 1 radical (unpaired) electrons. The van der Waals surface area contributed by atoms with Crippen molar-refractivity contribution in [3.63, 3.8) is 0 Å². The Bertz CT molecular complexity index is 364. The number of benzene rings is 1. The molecule has 2 aromatic rings. The Morgan fingerprint density at radius 3 is 2.92 bits per heavy atom. The normalized spacial score (nSPS) is 10.1. The fourth-order valence-corrected chi connectivity index (χ4v) is 0.995. The Balaban J connectivity index is 2.45. The second-order valence-corrected chi connectivity index (χ2v) is 2.52. The van der Waals surface area contributed by atoms with Crippen LogP contribution in [0.4, 0.5) is 0 Å². The molecule has 0 saturated carbocycles. The Morgan fingerprint density at radius 1 is 1.42 bits per heavy atom. The van der Waals surface area contributed by atoms with E-state index in [1.807, 2.05) is 31.3 Å². The summed E-state index contributed by atoms with van der Waals surface area (Å²) in [5, 5.41) is 4.16. The largest absolute Gasteiger partial charge is 0.255 e. The SMILES string of the molecule is Cn1cnc(-c2[c]cccc2)n1. The summed E-state index contributed by atoms with van der Waals surface area (Å²) in [6, 6.07) is 10.7. The van der Waals surface area contributed by atoms with Crippen LogP contribution in [0.25, 0.3) is 11.4 Å². The lowest BCUT2D eigenvalue weighted by atomic mass is 10.2. The van der Waals surface area contributed by atoms with Gasteiger partial charge in [-0.15, -0.1) is 0 Å². The number of rotatable bonds is 1. The maximum Gasteiger partial charge on any atom is 0.181 e. The van der Waals surface area contributed by atoms with Gasteiger partial charge >= 0.3 is 0 Å². The molecule has 3 heteroatoms. The molecule has 12 heavy (non-hydrogen) atoms. The monoisotopic (exact) mass is 158 g/mol. The van der Waals surface area contributed by atoms with Crippen molar-refractivity contribution in [3.05, 3.63) is 36.7 Å². The van der Waals surface area contributed by atoms with Crippen molar-refractivity contribution in [3.8, 4) is 11.4 Å². The van der Waals surface area contributed by atoms with Crippen LogP contribution < -0.4 is 0 Å². The zero-order valence-electron chi connectivity index (χ0n) is 6.73. The Morgan fingerprint density at radius 2 is 2.33 bits per heavy atom. The van der Waals surface area contributed by atoms with Gasteiger partial charge in [0.15, 0.2) is 5.82 Å². The zero-order valence-corrected chi connectivity index (χ0v) is 6.73. The predicted molar refractivity (Wildman–Crippen MR) is 45.3 cm³/mol. The van der Waals surface area contributed by atoms with Crippen LogP contribution in [0.1, 0.15) is 0 Å². The summed E-state index contributed by atoms with van der Waals surface area (Å²) < 4.78 is 1.68. The second kappa shape index (κ2) is 2.77. The third-order valence-corrected chi connectivity index (χ3v) is 1.55. The molecule has 1 aromatic heterocycles. The highest BCUT2D eigenvalue weighted by Crippen LogP contribution is 2.11. The third-order valence-electron chi connectivity index (χ3n) is 1.55. The van der Waals surface area contributed by atoms with Crippen molar-refractivity contribution in [1.29, 1.82) is 0 Å². The van der Waals surface area contributed by atoms with Crippen LogP contribution >= 0.6 is 0 Å². The fourth-order valence-electron chi connectivity index (χ4n) is 0.995. The minimum Gasteiger partial charge on any atom is -0.255 e. The predicted octanol–water partition coefficient (Wildman–Crippen LogP) is 1.28. The van der Waals surface area contributed by atoms with Gasteiger partial charge in [-0.3, -0.25) is 4.68 Å². The standard InChI is InChI=1S/C9H8N3/c1-12-7-10-9(11-12)8-5-3-2-4-6-8/h2-5,7H,1H3. The van der Waals surface area contributed by atoms with Crippen molar-refractivity contribution in [2.45, 2.75) is 0 Å². The minimum atomic E-state index is 0.720. The summed E-state index contributed by atoms with van der Waals surface area (Å²) in [5.74, 6) is 0.720. The first kappa shape index (κ1) is 7.03. The molecule has 0 aliphatic carbocycles. The minimum absolute atomic E-state index is 0.720. The van der Waals surface area contributed by atoms with E-state index in [0.717, 1.165) is 11.4 Å². The quantitative estimate of drug-likeness (QED) is 0.626. The Hall–Kier alpha value is -1.64. The van der Waals surface area contributed by atoms with E-state index in [-0.39, 0.29) is 0 Å². The van der Waals surface area contributed by atoms with Crippen LogP contribution in [0.5, 0.6) is 0 Å². The van der Waals surface area contributed by atoms with Crippen molar-refractivity contribution in [2.24, 2.45) is 7.05 Å². The van der Waals surface area contributed by atoms with Gasteiger partial charge in [-0.05, 0) is 6.07 Å². The molecule has 0 N–H and O–H groups in total. The Labute approximate surface area is 70.7 Å². The molecular weight excluding hydrogens is 150 g/mol. The molecule has 0 saturated heterocycles. The van der Waals surface area contributed by atoms with Crippen LogP contribution in [-0.4, -0.2) is 14.8 Å². The van der Waals surface area contributed by atoms with Gasteiger partial charge in [0, 0.05) is 12.6 Å². The van der Waals surface area contributed by atoms with Crippen LogP contribution in [0.2, 0.25) is 0 Å². The first-order valence-electron chi connectivity index (χ1n) is 3.69. The smallest absolute Gasteiger partial charge is 0.181 e. The molecule has 2 rings (SSSR count). The van der Waals surface area contributed by atoms with Crippen LogP contribution in [0.3, 0.4) is 0 Å². The molecule has 0 atom stereocenters. The molecule has 1 aromatic carbocycles. The van der Waals surface area contributed by atoms with E-state index >= 15 is 0 Å². The second-order valence-electron chi connectivity index (χ2n) is 2.52. The number of aryl methyl sites for hydroxylation is 1. The first-order valence-corrected chi connectivity index (χ1v) is 3.69. The lowest BCUT2D eigenvalue weighted by Gasteiger charge is -1.90. The van der Waals surface area contributed by atoms with Gasteiger partial charge < -0.3 is 0 Å². The number of hydrogen-bond acceptors (Lipinski definition) is 2. The van der Waals surface area contributed by atoms with Crippen molar-refractivity contribution in [2.75, 3.05) is 0 Å². The van der Waals surface area contributed by atoms with E-state index in [2.05, 4.69) is 16.1 Å². The van der Waals surface area contributed by atoms with Gasteiger partial charge in [-0.1, -0.05) is 24.3 Å². The van der Waals surface area contributed by atoms with Gasteiger partial charge in [-0.2, -0.15) is 5.10 Å². The lowest BCUT2D eigenvalue weighted by Crippen LogP contribution is -1.87. The van der Waals surface area contributed by atoms with Crippen LogP contribution in [0, 0.1) is 6.07 Å². The highest BCUT2D eigenvalue weighted by Gasteiger charge is 1.99. The van der Waals surface area contributed by atoms with Gasteiger partial charge in [0.25, 0.3) is 0 Å². The maximum absolute atomic E-state index is 4.16. The van der Waals surface area contributed by atoms with Crippen molar-refractivity contribution >= 4 is 0 Å². The molecule has 1 heterocycles. The number of aromatic nitrogens is 3. The van der Waals surface area contributed by atoms with Crippen LogP contribution in [0.15, 0.2) is 30.6 Å². The molecule has 0 spiro atoms. The molecule has 0 aliphatic rings. The molecule has 0 fully saturated rings. The Kier molecular flexibility index (Phi) is 1.63. The maximum atomic E-state index is 4.16. The van der Waals surface area contributed by atoms with Gasteiger partial charge in [-0.25, -0.2) is 4.98 Å². The molecular formula is C9H8N3. The van der Waals surface area contributed by atoms with E-state index in [1.54, 1.807) is 11.0 Å². The fraction of sp³-hybridized carbons (Fsp3) is 0.111. The van der Waals surface area contributed by atoms with Crippen molar-refractivity contribution < 1.29 is 0 Å². The third kappa shape index (κ3) is 1.21. The van der Waals surface area contributed by atoms with Crippen LogP contribution in [-0.2, 0) is 7.05 Å². The zero-order chi connectivity index (χ0) is 8.39. The van der Waals surface area contributed by atoms with Gasteiger partial charge in [0.1, 0.15) is 6.33 Å². The molecule has 0 aliphatic heterocycles. The number of hydrogen-bond donors (Lipinski definition) is 0. The molecule has 59 valence electrons. The first-order chi connectivity index (χ1) is 5.86. The van der Waals surface area contributed by atoms with Gasteiger partial charge in [0.05, 0.1) is 0 Å². The van der Waals surface area contributed by atoms with Gasteiger partial charge in [0.2, 0.25) is 0 Å². The molecule has 3 nitrogen and oxygen atoms in total.